The maximum absolute atomic E-state index is 12.2. The minimum Gasteiger partial charge on any atom is -0.495 e. The van der Waals surface area contributed by atoms with E-state index in [1.54, 1.807) is 14.2 Å². The van der Waals surface area contributed by atoms with Crippen LogP contribution in [0.2, 0.25) is 0 Å². The molecule has 5 aromatic rings. The van der Waals surface area contributed by atoms with Crippen LogP contribution in [0.15, 0.2) is 54.9 Å². The number of aromatic nitrogens is 3. The van der Waals surface area contributed by atoms with E-state index < -0.39 is 0 Å². The average molecular weight is 626 g/mol. The van der Waals surface area contributed by atoms with Gasteiger partial charge in [0.05, 0.1) is 41.7 Å². The van der Waals surface area contributed by atoms with Crippen LogP contribution in [-0.2, 0) is 4.79 Å². The molecule has 3 aromatic carbocycles. The fourth-order valence-electron chi connectivity index (χ4n) is 5.33. The zero-order chi connectivity index (χ0) is 31.5. The highest BCUT2D eigenvalue weighted by Crippen LogP contribution is 2.39. The van der Waals surface area contributed by atoms with Crippen molar-refractivity contribution < 1.29 is 19.0 Å². The first-order valence-corrected chi connectivity index (χ1v) is 16.4. The van der Waals surface area contributed by atoms with Gasteiger partial charge in [0.2, 0.25) is 5.91 Å². The van der Waals surface area contributed by atoms with Crippen molar-refractivity contribution in [1.82, 2.24) is 15.0 Å². The number of ether oxygens (including phenoxy) is 3. The van der Waals surface area contributed by atoms with Crippen LogP contribution in [0.3, 0.4) is 0 Å². The molecule has 1 fully saturated rings. The number of hydrogen-bond acceptors (Lipinski definition) is 9. The van der Waals surface area contributed by atoms with Gasteiger partial charge in [-0.2, -0.15) is 0 Å². The second kappa shape index (κ2) is 13.3. The molecule has 1 aliphatic rings. The van der Waals surface area contributed by atoms with Crippen LogP contribution >= 0.6 is 11.3 Å². The van der Waals surface area contributed by atoms with E-state index in [9.17, 15) is 4.79 Å². The lowest BCUT2D eigenvalue weighted by Crippen LogP contribution is -2.19. The number of anilines is 3. The summed E-state index contributed by atoms with van der Waals surface area (Å²) in [4.78, 5) is 26.0. The molecular formula is C35H39N5O4S. The van der Waals surface area contributed by atoms with Crippen molar-refractivity contribution in [1.29, 1.82) is 0 Å². The smallest absolute Gasteiger partial charge is 0.229 e. The summed E-state index contributed by atoms with van der Waals surface area (Å²) in [5.41, 5.74) is 4.38. The molecule has 1 aliphatic carbocycles. The van der Waals surface area contributed by atoms with Crippen LogP contribution in [0.1, 0.15) is 52.9 Å². The van der Waals surface area contributed by atoms with Gasteiger partial charge in [-0.1, -0.05) is 50.7 Å². The molecule has 45 heavy (non-hydrogen) atoms. The fourth-order valence-corrected chi connectivity index (χ4v) is 6.24. The Labute approximate surface area is 267 Å². The van der Waals surface area contributed by atoms with Crippen molar-refractivity contribution in [2.45, 2.75) is 59.0 Å². The molecule has 9 nitrogen and oxygen atoms in total. The maximum atomic E-state index is 12.2. The summed E-state index contributed by atoms with van der Waals surface area (Å²) < 4.78 is 18.9. The topological polar surface area (TPSA) is 107 Å². The predicted molar refractivity (Wildman–Crippen MR) is 181 cm³/mol. The third-order valence-corrected chi connectivity index (χ3v) is 9.32. The minimum atomic E-state index is 0.0609. The highest BCUT2D eigenvalue weighted by atomic mass is 32.1. The number of carbonyl (C=O) groups excluding carboxylic acids is 1. The molecule has 1 saturated carbocycles. The van der Waals surface area contributed by atoms with Crippen molar-refractivity contribution in [3.05, 3.63) is 54.9 Å². The number of methoxy groups -OCH3 is 2. The summed E-state index contributed by atoms with van der Waals surface area (Å²) in [6, 6.07) is 16.0. The molecule has 2 atom stereocenters. The number of thiazole rings is 1. The summed E-state index contributed by atoms with van der Waals surface area (Å²) in [6.45, 7) is 6.61. The number of rotatable bonds is 13. The third kappa shape index (κ3) is 6.81. The second-order valence-electron chi connectivity index (χ2n) is 11.6. The lowest BCUT2D eigenvalue weighted by atomic mass is 9.99. The van der Waals surface area contributed by atoms with Gasteiger partial charge >= 0.3 is 0 Å². The summed E-state index contributed by atoms with van der Waals surface area (Å²) in [6.07, 6.45) is 6.51. The predicted octanol–water partition coefficient (Wildman–Crippen LogP) is 8.61. The van der Waals surface area contributed by atoms with E-state index in [2.05, 4.69) is 52.4 Å². The summed E-state index contributed by atoms with van der Waals surface area (Å²) in [5.74, 6) is 3.38. The minimum absolute atomic E-state index is 0.0609. The van der Waals surface area contributed by atoms with Crippen molar-refractivity contribution >= 4 is 55.0 Å². The highest BCUT2D eigenvalue weighted by molar-refractivity contribution is 7.22. The van der Waals surface area contributed by atoms with Crippen LogP contribution in [-0.4, -0.2) is 41.2 Å². The number of nitrogens with zero attached hydrogens (tertiary/aromatic N) is 3. The van der Waals surface area contributed by atoms with E-state index in [0.29, 0.717) is 34.1 Å². The van der Waals surface area contributed by atoms with Crippen LogP contribution in [0.4, 0.5) is 16.6 Å². The van der Waals surface area contributed by atoms with E-state index in [1.165, 1.54) is 17.7 Å². The van der Waals surface area contributed by atoms with Crippen molar-refractivity contribution in [3.8, 4) is 28.4 Å². The van der Waals surface area contributed by atoms with Gasteiger partial charge in [0.1, 0.15) is 17.9 Å². The number of fused-ring (bicyclic) bond motifs is 2. The van der Waals surface area contributed by atoms with E-state index in [4.69, 9.17) is 14.2 Å². The molecule has 2 N–H and O–H groups in total. The number of carbonyl (C=O) groups is 1. The zero-order valence-corrected chi connectivity index (χ0v) is 27.2. The summed E-state index contributed by atoms with van der Waals surface area (Å²) in [7, 11) is 3.30. The number of amides is 1. The maximum Gasteiger partial charge on any atom is 0.229 e. The Bertz CT molecular complexity index is 1840. The molecular weight excluding hydrogens is 586 g/mol. The van der Waals surface area contributed by atoms with Gasteiger partial charge < -0.3 is 24.8 Å². The quantitative estimate of drug-likeness (QED) is 0.134. The van der Waals surface area contributed by atoms with Gasteiger partial charge in [-0.3, -0.25) is 4.79 Å². The number of hydrogen-bond donors (Lipinski definition) is 2. The zero-order valence-electron chi connectivity index (χ0n) is 26.3. The first-order chi connectivity index (χ1) is 21.9. The molecule has 10 heteroatoms. The van der Waals surface area contributed by atoms with Crippen LogP contribution in [0, 0.1) is 11.8 Å². The monoisotopic (exact) mass is 625 g/mol. The molecule has 0 radical (unpaired) electrons. The molecule has 1 amide bonds. The SMILES string of the molecule is CCC(C)CC(CC)Oc1cc2c(Nc3cc(-c4ccc5nc(NC(=O)C6CC6)sc5c4)ccc3OC)ncnc2cc1OC. The largest absolute Gasteiger partial charge is 0.495 e. The van der Waals surface area contributed by atoms with E-state index in [1.807, 2.05) is 42.5 Å². The first kappa shape index (κ1) is 30.6. The van der Waals surface area contributed by atoms with Crippen LogP contribution in [0.5, 0.6) is 17.2 Å². The summed E-state index contributed by atoms with van der Waals surface area (Å²) in [5, 5.41) is 7.91. The van der Waals surface area contributed by atoms with E-state index in [0.717, 1.165) is 70.0 Å². The Morgan fingerprint density at radius 1 is 0.933 bits per heavy atom. The van der Waals surface area contributed by atoms with Crippen LogP contribution < -0.4 is 24.8 Å². The number of nitrogens with one attached hydrogen (secondary N) is 2. The lowest BCUT2D eigenvalue weighted by Gasteiger charge is -2.22. The Kier molecular flexibility index (Phi) is 9.02. The van der Waals surface area contributed by atoms with Crippen molar-refractivity contribution in [2.75, 3.05) is 24.9 Å². The Morgan fingerprint density at radius 2 is 1.71 bits per heavy atom. The van der Waals surface area contributed by atoms with Gasteiger partial charge in [-0.25, -0.2) is 15.0 Å². The number of benzene rings is 3. The standard InChI is InChI=1S/C35H39N5O4S/c1-6-20(3)14-24(7-2)44-31-17-25-27(18-30(31)43-5)36-19-37-33(25)38-28-15-22(11-13-29(28)42-4)23-10-12-26-32(16-23)45-35(39-26)40-34(41)21-8-9-21/h10-13,15-21,24H,6-9,14H2,1-5H3,(H,36,37,38)(H,39,40,41). The lowest BCUT2D eigenvalue weighted by molar-refractivity contribution is -0.117. The second-order valence-corrected chi connectivity index (χ2v) is 12.7. The van der Waals surface area contributed by atoms with Crippen molar-refractivity contribution in [2.24, 2.45) is 11.8 Å². The molecule has 2 heterocycles. The Balaban J connectivity index is 1.31. The molecule has 0 saturated heterocycles. The average Bonchev–Trinajstić information content (AvgIpc) is 3.84. The molecule has 0 bridgehead atoms. The molecule has 234 valence electrons. The molecule has 2 unspecified atom stereocenters. The molecule has 6 rings (SSSR count). The highest BCUT2D eigenvalue weighted by Gasteiger charge is 2.30. The fraction of sp³-hybridized carbons (Fsp3) is 0.371. The van der Waals surface area contributed by atoms with Gasteiger partial charge in [0.15, 0.2) is 16.6 Å². The normalized spacial score (nSPS) is 14.2. The van der Waals surface area contributed by atoms with Gasteiger partial charge in [0.25, 0.3) is 0 Å². The molecule has 0 aliphatic heterocycles. The Morgan fingerprint density at radius 3 is 2.44 bits per heavy atom. The van der Waals surface area contributed by atoms with E-state index >= 15 is 0 Å². The van der Waals surface area contributed by atoms with E-state index in [-0.39, 0.29) is 17.9 Å². The van der Waals surface area contributed by atoms with Gasteiger partial charge in [0, 0.05) is 17.4 Å². The third-order valence-electron chi connectivity index (χ3n) is 8.38. The molecule has 0 spiro atoms. The first-order valence-electron chi connectivity index (χ1n) is 15.5. The summed E-state index contributed by atoms with van der Waals surface area (Å²) >= 11 is 1.49. The molecule has 2 aromatic heterocycles. The van der Waals surface area contributed by atoms with Crippen molar-refractivity contribution in [3.63, 3.8) is 0 Å². The van der Waals surface area contributed by atoms with Gasteiger partial charge in [-0.05, 0) is 73.1 Å². The Hall–Kier alpha value is -4.44. The van der Waals surface area contributed by atoms with Gasteiger partial charge in [-0.15, -0.1) is 0 Å². The van der Waals surface area contributed by atoms with Crippen LogP contribution in [0.25, 0.3) is 32.2 Å².